The van der Waals surface area contributed by atoms with Gasteiger partial charge in [0.1, 0.15) is 11.7 Å². The monoisotopic (exact) mass is 355 g/mol. The van der Waals surface area contributed by atoms with Crippen LogP contribution in [0.2, 0.25) is 0 Å². The number of carbonyl (C=O) groups is 1. The number of amidine groups is 1. The maximum atomic E-state index is 12.2. The van der Waals surface area contributed by atoms with Crippen LogP contribution >= 0.6 is 0 Å². The van der Waals surface area contributed by atoms with E-state index in [9.17, 15) is 4.79 Å². The van der Waals surface area contributed by atoms with Gasteiger partial charge >= 0.3 is 0 Å². The summed E-state index contributed by atoms with van der Waals surface area (Å²) in [6, 6.07) is 9.46. The second-order valence-electron chi connectivity index (χ2n) is 7.72. The lowest BCUT2D eigenvalue weighted by molar-refractivity contribution is -0.129. The number of aromatic nitrogens is 1. The van der Waals surface area contributed by atoms with Crippen LogP contribution in [-0.4, -0.2) is 41.1 Å². The molecule has 1 atom stereocenters. The standard InChI is InChI=1S/C19H25N5O2/c1-19(2,3)18(25)21-14-8-9-24(11-14)16-7-5-12-10-13(17(20)23-26)4-6-15(12)22-16/h4-7,10,14,26H,8-9,11H2,1-3H3,(H2,20,23)(H,21,25). The summed E-state index contributed by atoms with van der Waals surface area (Å²) >= 11 is 0. The van der Waals surface area contributed by atoms with E-state index < -0.39 is 0 Å². The largest absolute Gasteiger partial charge is 0.354 e. The Morgan fingerprint density at radius 3 is 2.77 bits per heavy atom. The van der Waals surface area contributed by atoms with Crippen molar-refractivity contribution in [3.8, 4) is 0 Å². The fourth-order valence-corrected chi connectivity index (χ4v) is 3.00. The zero-order chi connectivity index (χ0) is 18.9. The lowest BCUT2D eigenvalue weighted by atomic mass is 9.95. The molecule has 1 fully saturated rings. The molecule has 3 rings (SSSR count). The SMILES string of the molecule is CC(C)(C)C(=O)NC1CCN(c2ccc3cc(C(=N)NO)ccc3n2)C1. The van der Waals surface area contributed by atoms with Crippen LogP contribution in [-0.2, 0) is 4.79 Å². The summed E-state index contributed by atoms with van der Waals surface area (Å²) in [6.45, 7) is 7.35. The summed E-state index contributed by atoms with van der Waals surface area (Å²) in [5, 5.41) is 20.5. The van der Waals surface area contributed by atoms with Crippen LogP contribution in [0.1, 0.15) is 32.8 Å². The molecule has 1 aromatic carbocycles. The molecule has 2 heterocycles. The van der Waals surface area contributed by atoms with Crippen molar-refractivity contribution >= 4 is 28.5 Å². The lowest BCUT2D eigenvalue weighted by Gasteiger charge is -2.22. The van der Waals surface area contributed by atoms with Crippen molar-refractivity contribution in [2.75, 3.05) is 18.0 Å². The first-order chi connectivity index (χ1) is 12.3. The van der Waals surface area contributed by atoms with Gasteiger partial charge in [-0.2, -0.15) is 0 Å². The van der Waals surface area contributed by atoms with Gasteiger partial charge in [-0.15, -0.1) is 0 Å². The van der Waals surface area contributed by atoms with Crippen molar-refractivity contribution in [1.82, 2.24) is 15.8 Å². The Kier molecular flexibility index (Phi) is 4.82. The van der Waals surface area contributed by atoms with Crippen LogP contribution in [0.4, 0.5) is 5.82 Å². The van der Waals surface area contributed by atoms with Crippen molar-refractivity contribution in [2.45, 2.75) is 33.2 Å². The maximum Gasteiger partial charge on any atom is 0.225 e. The number of hydrogen-bond donors (Lipinski definition) is 4. The van der Waals surface area contributed by atoms with Crippen LogP contribution in [0.15, 0.2) is 30.3 Å². The van der Waals surface area contributed by atoms with Gasteiger partial charge in [0.2, 0.25) is 5.91 Å². The van der Waals surface area contributed by atoms with Crippen LogP contribution in [0.25, 0.3) is 10.9 Å². The second-order valence-corrected chi connectivity index (χ2v) is 7.72. The van der Waals surface area contributed by atoms with Crippen molar-refractivity contribution < 1.29 is 10.0 Å². The highest BCUT2D eigenvalue weighted by atomic mass is 16.5. The van der Waals surface area contributed by atoms with Crippen LogP contribution in [0, 0.1) is 10.8 Å². The van der Waals surface area contributed by atoms with E-state index in [1.165, 1.54) is 0 Å². The smallest absolute Gasteiger partial charge is 0.225 e. The number of hydrogen-bond acceptors (Lipinski definition) is 5. The summed E-state index contributed by atoms with van der Waals surface area (Å²) in [5.41, 5.74) is 2.90. The Bertz CT molecular complexity index is 843. The third-order valence-electron chi connectivity index (χ3n) is 4.60. The van der Waals surface area contributed by atoms with Gasteiger partial charge in [-0.3, -0.25) is 20.9 Å². The molecule has 1 unspecified atom stereocenters. The average molecular weight is 355 g/mol. The van der Waals surface area contributed by atoms with E-state index in [1.807, 2.05) is 50.5 Å². The highest BCUT2D eigenvalue weighted by Crippen LogP contribution is 2.23. The molecule has 0 aliphatic carbocycles. The average Bonchev–Trinajstić information content (AvgIpc) is 3.07. The molecule has 138 valence electrons. The molecule has 1 aliphatic heterocycles. The zero-order valence-electron chi connectivity index (χ0n) is 15.3. The molecule has 1 aromatic heterocycles. The summed E-state index contributed by atoms with van der Waals surface area (Å²) in [6.07, 6.45) is 0.903. The predicted molar refractivity (Wildman–Crippen MR) is 102 cm³/mol. The zero-order valence-corrected chi connectivity index (χ0v) is 15.3. The number of pyridine rings is 1. The Hall–Kier alpha value is -2.67. The van der Waals surface area contributed by atoms with E-state index in [0.29, 0.717) is 5.56 Å². The highest BCUT2D eigenvalue weighted by molar-refractivity contribution is 5.99. The first-order valence-corrected chi connectivity index (χ1v) is 8.73. The number of fused-ring (bicyclic) bond motifs is 1. The Morgan fingerprint density at radius 1 is 1.31 bits per heavy atom. The lowest BCUT2D eigenvalue weighted by Crippen LogP contribution is -2.43. The van der Waals surface area contributed by atoms with E-state index in [-0.39, 0.29) is 23.2 Å². The number of hydroxylamine groups is 1. The van der Waals surface area contributed by atoms with Crippen molar-refractivity contribution in [1.29, 1.82) is 5.41 Å². The van der Waals surface area contributed by atoms with Crippen LogP contribution in [0.3, 0.4) is 0 Å². The van der Waals surface area contributed by atoms with Gasteiger partial charge in [0.05, 0.1) is 5.52 Å². The molecule has 2 aromatic rings. The topological polar surface area (TPSA) is 101 Å². The second kappa shape index (κ2) is 6.92. The number of anilines is 1. The summed E-state index contributed by atoms with van der Waals surface area (Å²) in [7, 11) is 0. The van der Waals surface area contributed by atoms with Gasteiger partial charge in [-0.1, -0.05) is 20.8 Å². The minimum Gasteiger partial charge on any atom is -0.354 e. The molecule has 0 radical (unpaired) electrons. The Balaban J connectivity index is 1.73. The Labute approximate surface area is 152 Å². The summed E-state index contributed by atoms with van der Waals surface area (Å²) in [5.74, 6) is 0.907. The van der Waals surface area contributed by atoms with Gasteiger partial charge in [0.15, 0.2) is 0 Å². The van der Waals surface area contributed by atoms with E-state index in [4.69, 9.17) is 15.6 Å². The maximum absolute atomic E-state index is 12.2. The van der Waals surface area contributed by atoms with Gasteiger partial charge in [-0.25, -0.2) is 4.98 Å². The molecule has 7 heteroatoms. The molecule has 0 saturated carbocycles. The number of nitrogens with one attached hydrogen (secondary N) is 3. The van der Waals surface area contributed by atoms with Gasteiger partial charge in [-0.05, 0) is 36.8 Å². The fraction of sp³-hybridized carbons (Fsp3) is 0.421. The number of benzene rings is 1. The molecule has 1 aliphatic rings. The number of carbonyl (C=O) groups excluding carboxylic acids is 1. The number of amides is 1. The fourth-order valence-electron chi connectivity index (χ4n) is 3.00. The molecule has 0 spiro atoms. The predicted octanol–water partition coefficient (Wildman–Crippen LogP) is 2.28. The third kappa shape index (κ3) is 3.77. The van der Waals surface area contributed by atoms with Crippen LogP contribution in [0.5, 0.6) is 0 Å². The van der Waals surface area contributed by atoms with Crippen molar-refractivity contribution in [2.24, 2.45) is 5.41 Å². The normalized spacial score (nSPS) is 17.4. The van der Waals surface area contributed by atoms with Gasteiger partial charge < -0.3 is 10.2 Å². The van der Waals surface area contributed by atoms with Crippen molar-refractivity contribution in [3.63, 3.8) is 0 Å². The molecule has 26 heavy (non-hydrogen) atoms. The van der Waals surface area contributed by atoms with E-state index in [2.05, 4.69) is 10.2 Å². The van der Waals surface area contributed by atoms with E-state index >= 15 is 0 Å². The molecule has 1 amide bonds. The molecular weight excluding hydrogens is 330 g/mol. The van der Waals surface area contributed by atoms with E-state index in [1.54, 1.807) is 6.07 Å². The number of rotatable bonds is 3. The molecule has 0 bridgehead atoms. The van der Waals surface area contributed by atoms with Crippen LogP contribution < -0.4 is 15.7 Å². The first kappa shape index (κ1) is 18.1. The first-order valence-electron chi connectivity index (χ1n) is 8.73. The quantitative estimate of drug-likeness (QED) is 0.384. The minimum absolute atomic E-state index is 0.0482. The Morgan fingerprint density at radius 2 is 2.08 bits per heavy atom. The minimum atomic E-state index is -0.385. The van der Waals surface area contributed by atoms with Crippen molar-refractivity contribution in [3.05, 3.63) is 35.9 Å². The molecule has 4 N–H and O–H groups in total. The highest BCUT2D eigenvalue weighted by Gasteiger charge is 2.29. The molecule has 1 saturated heterocycles. The molecular formula is C19H25N5O2. The summed E-state index contributed by atoms with van der Waals surface area (Å²) in [4.78, 5) is 19.0. The number of nitrogens with zero attached hydrogens (tertiary/aromatic N) is 2. The summed E-state index contributed by atoms with van der Waals surface area (Å²) < 4.78 is 0. The third-order valence-corrected chi connectivity index (χ3v) is 4.60. The molecule has 7 nitrogen and oxygen atoms in total. The van der Waals surface area contributed by atoms with Gasteiger partial charge in [0, 0.05) is 35.5 Å². The van der Waals surface area contributed by atoms with E-state index in [0.717, 1.165) is 36.2 Å². The van der Waals surface area contributed by atoms with Gasteiger partial charge in [0.25, 0.3) is 0 Å².